The highest BCUT2D eigenvalue weighted by Gasteiger charge is 2.11. The van der Waals surface area contributed by atoms with E-state index in [-0.39, 0.29) is 0 Å². The predicted octanol–water partition coefficient (Wildman–Crippen LogP) is 3.61. The fraction of sp³-hybridized carbons (Fsp3) is 0.111. The fourth-order valence-electron chi connectivity index (χ4n) is 2.62. The first-order chi connectivity index (χ1) is 12.2. The maximum Gasteiger partial charge on any atom is 0.265 e. The fourth-order valence-corrected chi connectivity index (χ4v) is 2.62. The van der Waals surface area contributed by atoms with Crippen LogP contribution in [0.5, 0.6) is 0 Å². The number of nitrogens with zero attached hydrogens (tertiary/aromatic N) is 5. The van der Waals surface area contributed by atoms with Crippen LogP contribution in [0.25, 0.3) is 28.1 Å². The van der Waals surface area contributed by atoms with E-state index in [4.69, 9.17) is 4.42 Å². The van der Waals surface area contributed by atoms with Crippen LogP contribution in [0, 0.1) is 0 Å². The van der Waals surface area contributed by atoms with Crippen LogP contribution in [-0.4, -0.2) is 25.5 Å². The third-order valence-electron chi connectivity index (χ3n) is 3.87. The van der Waals surface area contributed by atoms with Gasteiger partial charge in [0.1, 0.15) is 11.3 Å². The number of allylic oxidation sites excluding steroid dienone is 1. The molecule has 4 rings (SSSR count). The predicted molar refractivity (Wildman–Crippen MR) is 98.3 cm³/mol. The van der Waals surface area contributed by atoms with Gasteiger partial charge < -0.3 is 8.98 Å². The lowest BCUT2D eigenvalue weighted by Gasteiger charge is -2.00. The van der Waals surface area contributed by atoms with Gasteiger partial charge in [-0.3, -0.25) is 0 Å². The molecule has 0 unspecified atom stereocenters. The molecule has 7 nitrogen and oxygen atoms in total. The maximum absolute atomic E-state index is 5.24. The van der Waals surface area contributed by atoms with Crippen molar-refractivity contribution in [2.45, 2.75) is 6.92 Å². The Morgan fingerprint density at radius 1 is 1.20 bits per heavy atom. The zero-order valence-corrected chi connectivity index (χ0v) is 13.8. The molecule has 0 bridgehead atoms. The summed E-state index contributed by atoms with van der Waals surface area (Å²) < 4.78 is 7.24. The number of rotatable bonds is 4. The van der Waals surface area contributed by atoms with Gasteiger partial charge in [0.05, 0.1) is 17.5 Å². The molecule has 0 radical (unpaired) electrons. The minimum atomic E-state index is 0.351. The number of hydrogen-bond donors (Lipinski definition) is 1. The van der Waals surface area contributed by atoms with Crippen LogP contribution in [-0.2, 0) is 7.05 Å². The maximum atomic E-state index is 5.24. The van der Waals surface area contributed by atoms with Crippen molar-refractivity contribution in [3.05, 3.63) is 54.5 Å². The van der Waals surface area contributed by atoms with E-state index < -0.39 is 0 Å². The third-order valence-corrected chi connectivity index (χ3v) is 3.87. The molecule has 0 aliphatic heterocycles. The van der Waals surface area contributed by atoms with Crippen molar-refractivity contribution < 1.29 is 4.42 Å². The average Bonchev–Trinajstić information content (AvgIpc) is 3.26. The van der Waals surface area contributed by atoms with Crippen molar-refractivity contribution in [2.75, 3.05) is 5.43 Å². The van der Waals surface area contributed by atoms with Crippen LogP contribution < -0.4 is 5.43 Å². The van der Waals surface area contributed by atoms with Crippen LogP contribution >= 0.6 is 0 Å². The van der Waals surface area contributed by atoms with Crippen molar-refractivity contribution in [3.8, 4) is 0 Å². The summed E-state index contributed by atoms with van der Waals surface area (Å²) in [7, 11) is 1.96. The number of hydrogen-bond acceptors (Lipinski definition) is 6. The van der Waals surface area contributed by atoms with Crippen LogP contribution in [0.1, 0.15) is 12.7 Å². The molecule has 4 aromatic rings. The molecule has 7 heteroatoms. The molecule has 0 amide bonds. The lowest BCUT2D eigenvalue weighted by Crippen LogP contribution is -2.02. The largest absolute Gasteiger partial charge is 0.465 e. The summed E-state index contributed by atoms with van der Waals surface area (Å²) in [6.07, 6.45) is 5.31. The second-order valence-electron chi connectivity index (χ2n) is 5.60. The molecule has 0 fully saturated rings. The Morgan fingerprint density at radius 3 is 2.92 bits per heavy atom. The Bertz CT molecular complexity index is 1090. The lowest BCUT2D eigenvalue weighted by atomic mass is 10.2. The topological polar surface area (TPSA) is 81.1 Å². The monoisotopic (exact) mass is 332 g/mol. The van der Waals surface area contributed by atoms with Crippen LogP contribution in [0.15, 0.2) is 58.3 Å². The van der Waals surface area contributed by atoms with Gasteiger partial charge in [0.15, 0.2) is 5.65 Å². The molecular weight excluding hydrogens is 316 g/mol. The summed E-state index contributed by atoms with van der Waals surface area (Å²) in [5.41, 5.74) is 6.22. The highest BCUT2D eigenvalue weighted by atomic mass is 16.3. The molecule has 0 aliphatic carbocycles. The molecular formula is C18H16N6O. The van der Waals surface area contributed by atoms with E-state index in [1.165, 1.54) is 0 Å². The van der Waals surface area contributed by atoms with E-state index in [0.29, 0.717) is 5.95 Å². The summed E-state index contributed by atoms with van der Waals surface area (Å²) in [5.74, 6) is 1.12. The number of para-hydroxylation sites is 1. The van der Waals surface area contributed by atoms with Crippen LogP contribution in [0.2, 0.25) is 0 Å². The summed E-state index contributed by atoms with van der Waals surface area (Å²) in [6, 6.07) is 11.7. The first-order valence-electron chi connectivity index (χ1n) is 7.82. The number of furan rings is 1. The third kappa shape index (κ3) is 2.87. The normalized spacial score (nSPS) is 12.5. The Balaban J connectivity index is 1.60. The molecule has 124 valence electrons. The summed E-state index contributed by atoms with van der Waals surface area (Å²) in [5, 5.41) is 13.7. The zero-order chi connectivity index (χ0) is 17.2. The first-order valence-corrected chi connectivity index (χ1v) is 7.82. The van der Waals surface area contributed by atoms with Crippen molar-refractivity contribution in [2.24, 2.45) is 12.1 Å². The van der Waals surface area contributed by atoms with E-state index in [1.807, 2.05) is 67.1 Å². The van der Waals surface area contributed by atoms with Gasteiger partial charge in [-0.1, -0.05) is 18.2 Å². The highest BCUT2D eigenvalue weighted by Crippen LogP contribution is 2.24. The highest BCUT2D eigenvalue weighted by molar-refractivity contribution is 6.04. The minimum Gasteiger partial charge on any atom is -0.465 e. The summed E-state index contributed by atoms with van der Waals surface area (Å²) >= 11 is 0. The number of anilines is 1. The SMILES string of the molecule is CC(/C=C\c1ccco1)=NNc1nnc2c3ccccc3n(C)c2n1. The van der Waals surface area contributed by atoms with Crippen molar-refractivity contribution in [1.82, 2.24) is 19.7 Å². The van der Waals surface area contributed by atoms with Crippen LogP contribution in [0.3, 0.4) is 0 Å². The standard InChI is InChI=1S/C18H16N6O/c1-12(9-10-13-6-5-11-25-13)20-22-18-19-17-16(21-23-18)14-7-3-4-8-15(14)24(17)2/h3-11H,1-2H3,(H,19,22,23)/b10-9-,20-12?. The van der Waals surface area contributed by atoms with E-state index in [0.717, 1.165) is 33.5 Å². The Hall–Kier alpha value is -3.48. The van der Waals surface area contributed by atoms with Crippen molar-refractivity contribution in [3.63, 3.8) is 0 Å². The van der Waals surface area contributed by atoms with E-state index >= 15 is 0 Å². The zero-order valence-electron chi connectivity index (χ0n) is 13.8. The smallest absolute Gasteiger partial charge is 0.265 e. The number of fused-ring (bicyclic) bond motifs is 3. The van der Waals surface area contributed by atoms with Gasteiger partial charge in [-0.05, 0) is 37.3 Å². The number of nitrogens with one attached hydrogen (secondary N) is 1. The summed E-state index contributed by atoms with van der Waals surface area (Å²) in [6.45, 7) is 1.87. The van der Waals surface area contributed by atoms with E-state index in [9.17, 15) is 0 Å². The van der Waals surface area contributed by atoms with Gasteiger partial charge in [-0.25, -0.2) is 5.43 Å². The number of aryl methyl sites for hydroxylation is 1. The molecule has 0 saturated heterocycles. The Kier molecular flexibility index (Phi) is 3.74. The molecule has 1 aromatic carbocycles. The minimum absolute atomic E-state index is 0.351. The van der Waals surface area contributed by atoms with Gasteiger partial charge in [0.2, 0.25) is 0 Å². The average molecular weight is 332 g/mol. The Labute approximate surface area is 143 Å². The quantitative estimate of drug-likeness (QED) is 0.456. The molecule has 1 N–H and O–H groups in total. The van der Waals surface area contributed by atoms with Gasteiger partial charge in [0, 0.05) is 12.4 Å². The van der Waals surface area contributed by atoms with Gasteiger partial charge in [0.25, 0.3) is 5.95 Å². The van der Waals surface area contributed by atoms with E-state index in [2.05, 4.69) is 25.7 Å². The summed E-state index contributed by atoms with van der Waals surface area (Å²) in [4.78, 5) is 4.52. The first kappa shape index (κ1) is 15.1. The second-order valence-corrected chi connectivity index (χ2v) is 5.60. The molecule has 25 heavy (non-hydrogen) atoms. The molecule has 3 heterocycles. The van der Waals surface area contributed by atoms with Crippen molar-refractivity contribution in [1.29, 1.82) is 0 Å². The molecule has 0 saturated carbocycles. The van der Waals surface area contributed by atoms with Crippen LogP contribution in [0.4, 0.5) is 5.95 Å². The molecule has 0 atom stereocenters. The lowest BCUT2D eigenvalue weighted by molar-refractivity contribution is 0.557. The van der Waals surface area contributed by atoms with Gasteiger partial charge in [-0.15, -0.1) is 10.2 Å². The van der Waals surface area contributed by atoms with Crippen molar-refractivity contribution >= 4 is 39.8 Å². The second kappa shape index (κ2) is 6.20. The molecule has 0 aliphatic rings. The van der Waals surface area contributed by atoms with Gasteiger partial charge >= 0.3 is 0 Å². The molecule has 0 spiro atoms. The number of aromatic nitrogens is 4. The molecule has 3 aromatic heterocycles. The van der Waals surface area contributed by atoms with E-state index in [1.54, 1.807) is 6.26 Å². The van der Waals surface area contributed by atoms with Gasteiger partial charge in [-0.2, -0.15) is 10.1 Å². The number of hydrazone groups is 1. The Morgan fingerprint density at radius 2 is 2.08 bits per heavy atom. The number of benzene rings is 1.